The van der Waals surface area contributed by atoms with Gasteiger partial charge in [-0.3, -0.25) is 9.59 Å². The van der Waals surface area contributed by atoms with Gasteiger partial charge in [-0.1, -0.05) is 26.2 Å². The van der Waals surface area contributed by atoms with Crippen molar-refractivity contribution in [3.63, 3.8) is 0 Å². The van der Waals surface area contributed by atoms with Crippen LogP contribution in [0.4, 0.5) is 0 Å². The molecule has 1 rings (SSSR count). The molecule has 1 amide bonds. The third-order valence-corrected chi connectivity index (χ3v) is 4.57. The second-order valence-corrected chi connectivity index (χ2v) is 5.96. The maximum absolute atomic E-state index is 11.9. The highest BCUT2D eigenvalue weighted by Gasteiger charge is 2.41. The zero-order chi connectivity index (χ0) is 15.0. The van der Waals surface area contributed by atoms with Crippen LogP contribution in [0.2, 0.25) is 0 Å². The molecule has 0 spiro atoms. The van der Waals surface area contributed by atoms with E-state index in [0.717, 1.165) is 32.1 Å². The summed E-state index contributed by atoms with van der Waals surface area (Å²) < 4.78 is 0. The van der Waals surface area contributed by atoms with Crippen LogP contribution in [0, 0.1) is 11.3 Å². The molecule has 0 heterocycles. The molecule has 0 aliphatic heterocycles. The number of carboxylic acids is 1. The Balaban J connectivity index is 2.33. The minimum atomic E-state index is -0.773. The Kier molecular flexibility index (Phi) is 6.99. The molecule has 1 saturated carbocycles. The summed E-state index contributed by atoms with van der Waals surface area (Å²) in [5.41, 5.74) is 4.81. The van der Waals surface area contributed by atoms with Gasteiger partial charge in [0.05, 0.1) is 5.41 Å². The monoisotopic (exact) mass is 284 g/mol. The molecular weight excluding hydrogens is 256 g/mol. The lowest BCUT2D eigenvalue weighted by Crippen LogP contribution is -2.41. The van der Waals surface area contributed by atoms with E-state index in [1.165, 1.54) is 0 Å². The van der Waals surface area contributed by atoms with E-state index in [1.54, 1.807) is 0 Å². The van der Waals surface area contributed by atoms with Crippen LogP contribution in [-0.4, -0.2) is 30.1 Å². The van der Waals surface area contributed by atoms with Gasteiger partial charge in [-0.25, -0.2) is 0 Å². The van der Waals surface area contributed by atoms with Gasteiger partial charge >= 0.3 is 5.97 Å². The second kappa shape index (κ2) is 8.25. The zero-order valence-electron chi connectivity index (χ0n) is 12.5. The molecule has 20 heavy (non-hydrogen) atoms. The van der Waals surface area contributed by atoms with Crippen LogP contribution in [0.1, 0.15) is 58.3 Å². The number of carboxylic acid groups (broad SMARTS) is 1. The van der Waals surface area contributed by atoms with E-state index in [9.17, 15) is 14.7 Å². The molecular formula is C15H28N2O3. The number of hydrogen-bond donors (Lipinski definition) is 3. The van der Waals surface area contributed by atoms with Crippen LogP contribution in [0.15, 0.2) is 0 Å². The van der Waals surface area contributed by atoms with Crippen LogP contribution in [0.3, 0.4) is 0 Å². The molecule has 1 fully saturated rings. The number of nitrogens with two attached hydrogens (primary N) is 1. The first-order valence-corrected chi connectivity index (χ1v) is 7.74. The van der Waals surface area contributed by atoms with E-state index >= 15 is 0 Å². The molecule has 1 atom stereocenters. The van der Waals surface area contributed by atoms with Gasteiger partial charge in [0.2, 0.25) is 5.91 Å². The molecule has 0 bridgehead atoms. The van der Waals surface area contributed by atoms with Gasteiger partial charge in [-0.15, -0.1) is 0 Å². The minimum Gasteiger partial charge on any atom is -0.481 e. The SMILES string of the molecule is CCC(CCN)CCC(=O)NCC1(C(=O)O)CCCC1. The summed E-state index contributed by atoms with van der Waals surface area (Å²) in [6.45, 7) is 3.03. The zero-order valence-corrected chi connectivity index (χ0v) is 12.5. The van der Waals surface area contributed by atoms with Gasteiger partial charge in [-0.05, 0) is 38.1 Å². The van der Waals surface area contributed by atoms with Gasteiger partial charge in [0, 0.05) is 13.0 Å². The van der Waals surface area contributed by atoms with Crippen molar-refractivity contribution in [1.82, 2.24) is 5.32 Å². The lowest BCUT2D eigenvalue weighted by molar-refractivity contribution is -0.148. The number of rotatable bonds is 9. The summed E-state index contributed by atoms with van der Waals surface area (Å²) >= 11 is 0. The number of aliphatic carboxylic acids is 1. The molecule has 0 radical (unpaired) electrons. The van der Waals surface area contributed by atoms with Gasteiger partial charge in [-0.2, -0.15) is 0 Å². The predicted octanol–water partition coefficient (Wildman–Crippen LogP) is 1.90. The average molecular weight is 284 g/mol. The average Bonchev–Trinajstić information content (AvgIpc) is 2.91. The molecule has 1 unspecified atom stereocenters. The highest BCUT2D eigenvalue weighted by molar-refractivity contribution is 5.79. The van der Waals surface area contributed by atoms with Crippen molar-refractivity contribution in [3.05, 3.63) is 0 Å². The number of amides is 1. The number of nitrogens with one attached hydrogen (secondary N) is 1. The maximum Gasteiger partial charge on any atom is 0.311 e. The van der Waals surface area contributed by atoms with Crippen LogP contribution in [-0.2, 0) is 9.59 Å². The fourth-order valence-electron chi connectivity index (χ4n) is 3.00. The van der Waals surface area contributed by atoms with Crippen molar-refractivity contribution in [2.45, 2.75) is 58.3 Å². The van der Waals surface area contributed by atoms with Gasteiger partial charge < -0.3 is 16.2 Å². The number of hydrogen-bond acceptors (Lipinski definition) is 3. The van der Waals surface area contributed by atoms with E-state index in [-0.39, 0.29) is 12.5 Å². The summed E-state index contributed by atoms with van der Waals surface area (Å²) in [4.78, 5) is 23.2. The second-order valence-electron chi connectivity index (χ2n) is 5.96. The number of carbonyl (C=O) groups is 2. The van der Waals surface area contributed by atoms with Crippen molar-refractivity contribution in [2.24, 2.45) is 17.1 Å². The molecule has 1 aliphatic carbocycles. The third-order valence-electron chi connectivity index (χ3n) is 4.57. The van der Waals surface area contributed by atoms with Crippen LogP contribution in [0.25, 0.3) is 0 Å². The van der Waals surface area contributed by atoms with Gasteiger partial charge in [0.1, 0.15) is 0 Å². The minimum absolute atomic E-state index is 0.0343. The van der Waals surface area contributed by atoms with Crippen molar-refractivity contribution in [3.8, 4) is 0 Å². The molecule has 116 valence electrons. The summed E-state index contributed by atoms with van der Waals surface area (Å²) in [6, 6.07) is 0. The largest absolute Gasteiger partial charge is 0.481 e. The Bertz CT molecular complexity index is 325. The molecule has 0 aromatic heterocycles. The Morgan fingerprint density at radius 3 is 2.45 bits per heavy atom. The fourth-order valence-corrected chi connectivity index (χ4v) is 3.00. The first kappa shape index (κ1) is 17.0. The Morgan fingerprint density at radius 2 is 1.95 bits per heavy atom. The Morgan fingerprint density at radius 1 is 1.30 bits per heavy atom. The van der Waals surface area contributed by atoms with Crippen LogP contribution >= 0.6 is 0 Å². The highest BCUT2D eigenvalue weighted by Crippen LogP contribution is 2.37. The van der Waals surface area contributed by atoms with Crippen LogP contribution in [0.5, 0.6) is 0 Å². The molecule has 5 heteroatoms. The molecule has 5 nitrogen and oxygen atoms in total. The van der Waals surface area contributed by atoms with Crippen molar-refractivity contribution < 1.29 is 14.7 Å². The fraction of sp³-hybridized carbons (Fsp3) is 0.867. The van der Waals surface area contributed by atoms with Crippen molar-refractivity contribution in [1.29, 1.82) is 0 Å². The number of carbonyl (C=O) groups excluding carboxylic acids is 1. The van der Waals surface area contributed by atoms with Gasteiger partial charge in [0.15, 0.2) is 0 Å². The molecule has 4 N–H and O–H groups in total. The molecule has 0 saturated heterocycles. The maximum atomic E-state index is 11.9. The van der Waals surface area contributed by atoms with Crippen LogP contribution < -0.4 is 11.1 Å². The normalized spacial score (nSPS) is 18.7. The highest BCUT2D eigenvalue weighted by atomic mass is 16.4. The first-order valence-electron chi connectivity index (χ1n) is 7.74. The van der Waals surface area contributed by atoms with E-state index in [4.69, 9.17) is 5.73 Å². The van der Waals surface area contributed by atoms with E-state index in [1.807, 2.05) is 0 Å². The molecule has 0 aromatic rings. The van der Waals surface area contributed by atoms with E-state index in [2.05, 4.69) is 12.2 Å². The Hall–Kier alpha value is -1.10. The summed E-state index contributed by atoms with van der Waals surface area (Å²) in [7, 11) is 0. The lowest BCUT2D eigenvalue weighted by Gasteiger charge is -2.24. The topological polar surface area (TPSA) is 92.4 Å². The summed E-state index contributed by atoms with van der Waals surface area (Å²) in [5.74, 6) is -0.316. The smallest absolute Gasteiger partial charge is 0.311 e. The Labute approximate surface area is 121 Å². The quantitative estimate of drug-likeness (QED) is 0.603. The van der Waals surface area contributed by atoms with Crippen molar-refractivity contribution >= 4 is 11.9 Å². The third kappa shape index (κ3) is 4.78. The van der Waals surface area contributed by atoms with Crippen molar-refractivity contribution in [2.75, 3.05) is 13.1 Å². The molecule has 0 aromatic carbocycles. The summed E-state index contributed by atoms with van der Waals surface area (Å²) in [6.07, 6.45) is 6.51. The van der Waals surface area contributed by atoms with E-state index in [0.29, 0.717) is 31.7 Å². The summed E-state index contributed by atoms with van der Waals surface area (Å²) in [5, 5.41) is 12.2. The van der Waals surface area contributed by atoms with E-state index < -0.39 is 11.4 Å². The predicted molar refractivity (Wildman–Crippen MR) is 78.2 cm³/mol. The first-order chi connectivity index (χ1) is 9.54. The molecule has 1 aliphatic rings. The lowest BCUT2D eigenvalue weighted by atomic mass is 9.86. The standard InChI is InChI=1S/C15H28N2O3/c1-2-12(7-10-16)5-6-13(18)17-11-15(14(19)20)8-3-4-9-15/h12H,2-11,16H2,1H3,(H,17,18)(H,19,20). The van der Waals surface area contributed by atoms with Gasteiger partial charge in [0.25, 0.3) is 0 Å².